The third kappa shape index (κ3) is 4.63. The molecular weight excluding hydrogens is 375 g/mol. The number of aryl methyl sites for hydroxylation is 1. The van der Waals surface area contributed by atoms with E-state index in [9.17, 15) is 4.79 Å². The minimum Gasteiger partial charge on any atom is -0.375 e. The third-order valence-corrected chi connectivity index (χ3v) is 4.13. The van der Waals surface area contributed by atoms with E-state index in [1.165, 1.54) is 0 Å². The molecule has 0 atom stereocenters. The lowest BCUT2D eigenvalue weighted by Crippen LogP contribution is -2.21. The second-order valence-electron chi connectivity index (χ2n) is 4.49. The first kappa shape index (κ1) is 16.1. The summed E-state index contributed by atoms with van der Waals surface area (Å²) >= 11 is 15.3. The van der Waals surface area contributed by atoms with Crippen LogP contribution < -0.4 is 10.6 Å². The minimum absolute atomic E-state index is 0.140. The summed E-state index contributed by atoms with van der Waals surface area (Å²) in [4.78, 5) is 11.9. The Bertz CT molecular complexity index is 659. The van der Waals surface area contributed by atoms with Crippen molar-refractivity contribution < 1.29 is 4.79 Å². The monoisotopic (exact) mass is 386 g/mol. The minimum atomic E-state index is -0.152. The van der Waals surface area contributed by atoms with E-state index in [0.29, 0.717) is 15.7 Å². The largest absolute Gasteiger partial charge is 0.375 e. The highest BCUT2D eigenvalue weighted by Crippen LogP contribution is 2.29. The van der Waals surface area contributed by atoms with Crippen molar-refractivity contribution in [2.45, 2.75) is 6.92 Å². The Morgan fingerprint density at radius 3 is 2.52 bits per heavy atom. The molecule has 0 fully saturated rings. The van der Waals surface area contributed by atoms with Gasteiger partial charge < -0.3 is 10.6 Å². The lowest BCUT2D eigenvalue weighted by Gasteiger charge is -2.11. The topological polar surface area (TPSA) is 41.1 Å². The molecule has 3 nitrogen and oxygen atoms in total. The fourth-order valence-electron chi connectivity index (χ4n) is 1.70. The molecule has 0 heterocycles. The van der Waals surface area contributed by atoms with Gasteiger partial charge in [0.15, 0.2) is 0 Å². The third-order valence-electron chi connectivity index (χ3n) is 2.82. The van der Waals surface area contributed by atoms with Crippen LogP contribution in [-0.2, 0) is 4.79 Å². The van der Waals surface area contributed by atoms with Gasteiger partial charge in [-0.15, -0.1) is 0 Å². The summed E-state index contributed by atoms with van der Waals surface area (Å²) in [5.41, 5.74) is 2.45. The van der Waals surface area contributed by atoms with Crippen LogP contribution in [0.15, 0.2) is 40.9 Å². The molecule has 0 aliphatic rings. The van der Waals surface area contributed by atoms with Gasteiger partial charge in [-0.25, -0.2) is 0 Å². The van der Waals surface area contributed by atoms with E-state index in [-0.39, 0.29) is 12.5 Å². The number of carbonyl (C=O) groups excluding carboxylic acids is 1. The molecular formula is C15H13BrCl2N2O. The van der Waals surface area contributed by atoms with Gasteiger partial charge in [0.25, 0.3) is 0 Å². The maximum absolute atomic E-state index is 11.9. The van der Waals surface area contributed by atoms with Gasteiger partial charge >= 0.3 is 0 Å². The summed E-state index contributed by atoms with van der Waals surface area (Å²) in [6.07, 6.45) is 0. The molecule has 0 aromatic heterocycles. The molecule has 0 spiro atoms. The Labute approximate surface area is 141 Å². The van der Waals surface area contributed by atoms with Crippen molar-refractivity contribution in [2.75, 3.05) is 17.2 Å². The molecule has 0 saturated carbocycles. The number of halogens is 3. The van der Waals surface area contributed by atoms with E-state index in [1.54, 1.807) is 30.3 Å². The molecule has 6 heteroatoms. The summed E-state index contributed by atoms with van der Waals surface area (Å²) in [5, 5.41) is 7.10. The van der Waals surface area contributed by atoms with E-state index in [4.69, 9.17) is 23.2 Å². The molecule has 0 unspecified atom stereocenters. The molecule has 2 rings (SSSR count). The molecule has 21 heavy (non-hydrogen) atoms. The molecule has 0 radical (unpaired) electrons. The van der Waals surface area contributed by atoms with Crippen molar-refractivity contribution in [2.24, 2.45) is 0 Å². The summed E-state index contributed by atoms with van der Waals surface area (Å²) in [5.74, 6) is -0.152. The zero-order valence-electron chi connectivity index (χ0n) is 11.2. The fourth-order valence-corrected chi connectivity index (χ4v) is 2.58. The second kappa shape index (κ2) is 7.16. The number of nitrogens with one attached hydrogen (secondary N) is 2. The Hall–Kier alpha value is -1.23. The number of carbonyl (C=O) groups is 1. The molecule has 0 bridgehead atoms. The number of anilines is 2. The van der Waals surface area contributed by atoms with Crippen molar-refractivity contribution in [1.82, 2.24) is 0 Å². The Kier molecular flexibility index (Phi) is 5.51. The van der Waals surface area contributed by atoms with Gasteiger partial charge in [0.05, 0.1) is 12.2 Å². The Morgan fingerprint density at radius 1 is 1.19 bits per heavy atom. The van der Waals surface area contributed by atoms with Crippen LogP contribution >= 0.6 is 39.1 Å². The predicted octanol–water partition coefficient (Wildman–Crippen LogP) is 5.11. The first-order chi connectivity index (χ1) is 9.95. The van der Waals surface area contributed by atoms with Gasteiger partial charge in [-0.3, -0.25) is 4.79 Å². The summed E-state index contributed by atoms with van der Waals surface area (Å²) in [6, 6.07) is 10.6. The van der Waals surface area contributed by atoms with Crippen molar-refractivity contribution in [1.29, 1.82) is 0 Å². The van der Waals surface area contributed by atoms with Crippen LogP contribution in [0.1, 0.15) is 5.56 Å². The van der Waals surface area contributed by atoms with E-state index in [0.717, 1.165) is 15.7 Å². The van der Waals surface area contributed by atoms with Gasteiger partial charge in [0.2, 0.25) is 5.91 Å². The molecule has 0 aliphatic carbocycles. The lowest BCUT2D eigenvalue weighted by atomic mass is 10.2. The molecule has 1 amide bonds. The Balaban J connectivity index is 1.95. The number of amides is 1. The van der Waals surface area contributed by atoms with Crippen molar-refractivity contribution in [3.8, 4) is 0 Å². The van der Waals surface area contributed by atoms with E-state index < -0.39 is 0 Å². The highest BCUT2D eigenvalue weighted by Gasteiger charge is 2.07. The molecule has 2 aromatic carbocycles. The van der Waals surface area contributed by atoms with E-state index >= 15 is 0 Å². The van der Waals surface area contributed by atoms with Gasteiger partial charge in [0, 0.05) is 20.2 Å². The van der Waals surface area contributed by atoms with Crippen LogP contribution in [-0.4, -0.2) is 12.5 Å². The summed E-state index contributed by atoms with van der Waals surface area (Å²) in [6.45, 7) is 2.06. The lowest BCUT2D eigenvalue weighted by molar-refractivity contribution is -0.114. The van der Waals surface area contributed by atoms with Crippen LogP contribution in [0.4, 0.5) is 11.4 Å². The summed E-state index contributed by atoms with van der Waals surface area (Å²) < 4.78 is 0.865. The highest BCUT2D eigenvalue weighted by atomic mass is 79.9. The van der Waals surface area contributed by atoms with Crippen molar-refractivity contribution >= 4 is 56.4 Å². The quantitative estimate of drug-likeness (QED) is 0.764. The first-order valence-electron chi connectivity index (χ1n) is 6.20. The number of hydrogen-bond acceptors (Lipinski definition) is 2. The molecule has 0 saturated heterocycles. The van der Waals surface area contributed by atoms with Gasteiger partial charge in [-0.2, -0.15) is 0 Å². The van der Waals surface area contributed by atoms with Gasteiger partial charge in [-0.05, 0) is 64.8 Å². The number of benzene rings is 2. The first-order valence-corrected chi connectivity index (χ1v) is 7.75. The van der Waals surface area contributed by atoms with Crippen molar-refractivity contribution in [3.63, 3.8) is 0 Å². The van der Waals surface area contributed by atoms with Crippen LogP contribution in [0, 0.1) is 6.92 Å². The summed E-state index contributed by atoms with van der Waals surface area (Å²) in [7, 11) is 0. The van der Waals surface area contributed by atoms with Crippen LogP contribution in [0.2, 0.25) is 10.0 Å². The van der Waals surface area contributed by atoms with Crippen molar-refractivity contribution in [3.05, 3.63) is 56.5 Å². The average Bonchev–Trinajstić information content (AvgIpc) is 2.44. The smallest absolute Gasteiger partial charge is 0.243 e. The molecule has 0 aliphatic heterocycles. The fraction of sp³-hybridized carbons (Fsp3) is 0.133. The van der Waals surface area contributed by atoms with Crippen LogP contribution in [0.25, 0.3) is 0 Å². The second-order valence-corrected chi connectivity index (χ2v) is 6.19. The van der Waals surface area contributed by atoms with Crippen LogP contribution in [0.5, 0.6) is 0 Å². The molecule has 110 valence electrons. The maximum Gasteiger partial charge on any atom is 0.243 e. The SMILES string of the molecule is Cc1cc(Br)c(NCC(=O)Nc2ccc(Cl)cc2)cc1Cl. The zero-order valence-corrected chi connectivity index (χ0v) is 14.3. The molecule has 2 N–H and O–H groups in total. The number of hydrogen-bond donors (Lipinski definition) is 2. The Morgan fingerprint density at radius 2 is 1.86 bits per heavy atom. The normalized spacial score (nSPS) is 10.3. The van der Waals surface area contributed by atoms with E-state index in [2.05, 4.69) is 26.6 Å². The predicted molar refractivity (Wildman–Crippen MR) is 92.5 cm³/mol. The number of rotatable bonds is 4. The highest BCUT2D eigenvalue weighted by molar-refractivity contribution is 9.10. The zero-order chi connectivity index (χ0) is 15.4. The van der Waals surface area contributed by atoms with Gasteiger partial charge in [0.1, 0.15) is 0 Å². The average molecular weight is 388 g/mol. The standard InChI is InChI=1S/C15H13BrCl2N2O/c1-9-6-12(16)14(7-13(9)18)19-8-15(21)20-11-4-2-10(17)3-5-11/h2-7,19H,8H2,1H3,(H,20,21). The maximum atomic E-state index is 11.9. The van der Waals surface area contributed by atoms with Gasteiger partial charge in [-0.1, -0.05) is 23.2 Å². The van der Waals surface area contributed by atoms with E-state index in [1.807, 2.05) is 13.0 Å². The molecule has 2 aromatic rings. The van der Waals surface area contributed by atoms with Crippen LogP contribution in [0.3, 0.4) is 0 Å².